The van der Waals surface area contributed by atoms with Gasteiger partial charge in [0.05, 0.1) is 24.9 Å². The quantitative estimate of drug-likeness (QED) is 0.195. The van der Waals surface area contributed by atoms with Crippen molar-refractivity contribution in [1.82, 2.24) is 24.4 Å². The molecule has 2 aliphatic rings. The van der Waals surface area contributed by atoms with E-state index in [1.165, 1.54) is 43.9 Å². The number of aromatic nitrogens is 4. The van der Waals surface area contributed by atoms with Gasteiger partial charge in [-0.3, -0.25) is 23.0 Å². The third-order valence-electron chi connectivity index (χ3n) is 7.40. The Hall–Kier alpha value is -3.29. The molecule has 262 valence electrons. The molecule has 4 rings (SSSR count). The molecule has 0 radical (unpaired) electrons. The molecule has 0 aliphatic carbocycles. The minimum Gasteiger partial charge on any atom is -0.383 e. The van der Waals surface area contributed by atoms with Crippen LogP contribution in [-0.4, -0.2) is 93.0 Å². The molecule has 2 aromatic rings. The van der Waals surface area contributed by atoms with Crippen molar-refractivity contribution >= 4 is 25.4 Å². The van der Waals surface area contributed by atoms with Crippen molar-refractivity contribution in [2.45, 2.75) is 89.4 Å². The number of nitrogens with two attached hydrogens (primary N) is 2. The maximum atomic E-state index is 15.8. The van der Waals surface area contributed by atoms with Gasteiger partial charge in [0.1, 0.15) is 29.9 Å². The first-order valence-electron chi connectivity index (χ1n) is 14.8. The molecule has 0 aromatic carbocycles. The minimum absolute atomic E-state index is 0.0221. The lowest BCUT2D eigenvalue weighted by Crippen LogP contribution is -2.42. The minimum atomic E-state index is -4.81. The van der Waals surface area contributed by atoms with Crippen molar-refractivity contribution in [3.8, 4) is 0 Å². The van der Waals surface area contributed by atoms with Crippen LogP contribution in [-0.2, 0) is 37.4 Å². The van der Waals surface area contributed by atoms with Crippen LogP contribution in [0.5, 0.6) is 0 Å². The maximum Gasteiger partial charge on any atom is 0.472 e. The number of rotatable bonds is 14. The van der Waals surface area contributed by atoms with Crippen molar-refractivity contribution < 1.29 is 46.6 Å². The van der Waals surface area contributed by atoms with Gasteiger partial charge in [-0.05, 0) is 39.8 Å². The van der Waals surface area contributed by atoms with Crippen LogP contribution in [0.15, 0.2) is 34.1 Å². The molecule has 1 amide bonds. The van der Waals surface area contributed by atoms with Crippen LogP contribution in [0.3, 0.4) is 0 Å². The number of anilines is 2. The van der Waals surface area contributed by atoms with E-state index in [2.05, 4.69) is 15.3 Å². The number of phosphoric acid groups is 1. The fraction of sp³-hybridized carbons (Fsp3) is 0.667. The number of ether oxygens (including phenoxy) is 4. The molecule has 47 heavy (non-hydrogen) atoms. The van der Waals surface area contributed by atoms with Crippen LogP contribution < -0.4 is 28.2 Å². The number of alkyl halides is 1. The largest absolute Gasteiger partial charge is 0.472 e. The predicted molar refractivity (Wildman–Crippen MR) is 162 cm³/mol. The summed E-state index contributed by atoms with van der Waals surface area (Å²) < 4.78 is 63.9. The maximum absolute atomic E-state index is 15.8. The number of hydrogen-bond donors (Lipinski definition) is 4. The van der Waals surface area contributed by atoms with E-state index in [9.17, 15) is 23.8 Å². The second-order valence-corrected chi connectivity index (χ2v) is 13.0. The highest BCUT2D eigenvalue weighted by molar-refractivity contribution is 7.47. The van der Waals surface area contributed by atoms with E-state index in [4.69, 9.17) is 39.5 Å². The molecule has 2 aromatic heterocycles. The molecule has 0 spiro atoms. The number of amides is 1. The molecule has 6 N–H and O–H groups in total. The summed E-state index contributed by atoms with van der Waals surface area (Å²) in [5.74, 6) is -1.28. The van der Waals surface area contributed by atoms with E-state index in [1.54, 1.807) is 0 Å². The molecule has 2 saturated heterocycles. The first kappa shape index (κ1) is 36.5. The van der Waals surface area contributed by atoms with E-state index in [0.717, 1.165) is 10.8 Å². The Morgan fingerprint density at radius 2 is 1.60 bits per heavy atom. The summed E-state index contributed by atoms with van der Waals surface area (Å²) in [7, 11) is -3.40. The van der Waals surface area contributed by atoms with Crippen molar-refractivity contribution in [2.75, 3.05) is 31.7 Å². The molecular weight excluding hydrogens is 648 g/mol. The van der Waals surface area contributed by atoms with Gasteiger partial charge in [-0.25, -0.2) is 18.5 Å². The van der Waals surface area contributed by atoms with Gasteiger partial charge in [0.2, 0.25) is 5.91 Å². The average Bonchev–Trinajstić information content (AvgIpc) is 3.46. The second-order valence-electron chi connectivity index (χ2n) is 11.6. The van der Waals surface area contributed by atoms with Gasteiger partial charge in [0, 0.05) is 38.4 Å². The van der Waals surface area contributed by atoms with Gasteiger partial charge in [0.25, 0.3) is 0 Å². The van der Waals surface area contributed by atoms with Crippen molar-refractivity contribution in [1.29, 1.82) is 0 Å². The zero-order valence-corrected chi connectivity index (χ0v) is 27.4. The molecule has 1 unspecified atom stereocenters. The molecule has 0 saturated carbocycles. The van der Waals surface area contributed by atoms with Gasteiger partial charge in [0.15, 0.2) is 18.6 Å². The summed E-state index contributed by atoms with van der Waals surface area (Å²) in [4.78, 5) is 56.0. The third kappa shape index (κ3) is 8.99. The summed E-state index contributed by atoms with van der Waals surface area (Å²) in [6.07, 6.45) is -7.91. The Morgan fingerprint density at radius 1 is 1.02 bits per heavy atom. The molecule has 20 heteroatoms. The first-order valence-corrected chi connectivity index (χ1v) is 16.3. The Balaban J connectivity index is 1.53. The standard InChI is InChI=1S/C27H41FN7O11P/c1-13(2)42-12-17-15(22(41-5)25(44-17)35-9-7-19(30)33-27(35)38)10-20(36)31-11-16-23(46-47(39,40)45-14(3)4)21(28)24(43-16)34-8-6-18(29)32-26(34)37/h6-9,13-17,21-25H,10-12H2,1-5H3,(H,31,36)(H,39,40)(H2,29,32,37)(H2,30,33,38)/t15-,16-,17-,21-,22-,23-,24-,25-/m1/s1. The summed E-state index contributed by atoms with van der Waals surface area (Å²) in [5, 5.41) is 2.63. The Bertz CT molecular complexity index is 1560. The van der Waals surface area contributed by atoms with Crippen molar-refractivity contribution in [3.63, 3.8) is 0 Å². The molecular formula is C27H41FN7O11P. The number of carbonyl (C=O) groups is 1. The average molecular weight is 690 g/mol. The molecule has 9 atom stereocenters. The predicted octanol–water partition coefficient (Wildman–Crippen LogP) is 0.271. The van der Waals surface area contributed by atoms with Crippen LogP contribution in [0, 0.1) is 5.92 Å². The molecule has 2 fully saturated rings. The number of nitrogens with zero attached hydrogens (tertiary/aromatic N) is 4. The van der Waals surface area contributed by atoms with Crippen molar-refractivity contribution in [3.05, 3.63) is 45.5 Å². The smallest absolute Gasteiger partial charge is 0.383 e. The number of halogens is 1. The lowest BCUT2D eigenvalue weighted by Gasteiger charge is -2.25. The molecule has 2 aliphatic heterocycles. The van der Waals surface area contributed by atoms with Crippen LogP contribution in [0.1, 0.15) is 46.6 Å². The highest BCUT2D eigenvalue weighted by Gasteiger charge is 2.51. The number of hydrogen-bond acceptors (Lipinski definition) is 14. The Labute approximate surface area is 269 Å². The monoisotopic (exact) mass is 689 g/mol. The Kier molecular flexibility index (Phi) is 11.9. The van der Waals surface area contributed by atoms with Gasteiger partial charge in [-0.15, -0.1) is 0 Å². The lowest BCUT2D eigenvalue weighted by molar-refractivity contribution is -0.124. The zero-order chi connectivity index (χ0) is 34.6. The van der Waals surface area contributed by atoms with E-state index < -0.39 is 86.7 Å². The molecule has 18 nitrogen and oxygen atoms in total. The summed E-state index contributed by atoms with van der Waals surface area (Å²) >= 11 is 0. The summed E-state index contributed by atoms with van der Waals surface area (Å²) in [6, 6.07) is 2.67. The summed E-state index contributed by atoms with van der Waals surface area (Å²) in [5.41, 5.74) is 9.57. The number of phosphoric ester groups is 1. The van der Waals surface area contributed by atoms with Crippen LogP contribution in [0.25, 0.3) is 0 Å². The van der Waals surface area contributed by atoms with Crippen LogP contribution in [0.2, 0.25) is 0 Å². The topological polar surface area (TPSA) is 244 Å². The number of carbonyl (C=O) groups excluding carboxylic acids is 1. The fourth-order valence-corrected chi connectivity index (χ4v) is 6.53. The second kappa shape index (κ2) is 15.3. The van der Waals surface area contributed by atoms with Crippen molar-refractivity contribution in [2.24, 2.45) is 5.92 Å². The number of methoxy groups -OCH3 is 1. The van der Waals surface area contributed by atoms with E-state index in [0.29, 0.717) is 0 Å². The zero-order valence-electron chi connectivity index (χ0n) is 26.5. The van der Waals surface area contributed by atoms with Gasteiger partial charge in [-0.1, -0.05) is 0 Å². The van der Waals surface area contributed by atoms with Gasteiger partial charge in [-0.2, -0.15) is 9.97 Å². The number of nitrogens with one attached hydrogen (secondary N) is 1. The number of nitrogen functional groups attached to an aromatic ring is 2. The highest BCUT2D eigenvalue weighted by Crippen LogP contribution is 2.49. The normalized spacial score (nSPS) is 29.0. The molecule has 4 heterocycles. The highest BCUT2D eigenvalue weighted by atomic mass is 31.2. The Morgan fingerprint density at radius 3 is 2.13 bits per heavy atom. The summed E-state index contributed by atoms with van der Waals surface area (Å²) in [6.45, 7) is 6.29. The van der Waals surface area contributed by atoms with Crippen LogP contribution >= 0.6 is 7.82 Å². The third-order valence-corrected chi connectivity index (χ3v) is 8.60. The van der Waals surface area contributed by atoms with Gasteiger partial charge < -0.3 is 40.6 Å². The van der Waals surface area contributed by atoms with E-state index in [-0.39, 0.29) is 30.8 Å². The van der Waals surface area contributed by atoms with Crippen LogP contribution in [0.4, 0.5) is 16.0 Å². The lowest BCUT2D eigenvalue weighted by atomic mass is 9.93. The fourth-order valence-electron chi connectivity index (χ4n) is 5.39. The first-order chi connectivity index (χ1) is 22.1. The van der Waals surface area contributed by atoms with E-state index >= 15 is 4.39 Å². The van der Waals surface area contributed by atoms with Gasteiger partial charge >= 0.3 is 19.2 Å². The molecule has 0 bridgehead atoms. The SMILES string of the molecule is CO[C@@H]1[C@H](CC(=O)NC[C@H]2O[C@@H](n3ccc(N)nc3=O)[C@H](F)[C@@H]2OP(=O)(O)OC(C)C)[C@@H](COC(C)C)O[C@H]1n1ccc(N)nc1=O. The van der Waals surface area contributed by atoms with E-state index in [1.807, 2.05) is 13.8 Å².